The zero-order valence-electron chi connectivity index (χ0n) is 14.0. The third kappa shape index (κ3) is 6.56. The Morgan fingerprint density at radius 2 is 1.70 bits per heavy atom. The predicted molar refractivity (Wildman–Crippen MR) is 90.5 cm³/mol. The largest absolute Gasteiger partial charge is 0.314 e. The van der Waals surface area contributed by atoms with E-state index in [9.17, 15) is 0 Å². The van der Waals surface area contributed by atoms with Crippen LogP contribution in [0.15, 0.2) is 18.2 Å². The molecule has 0 aliphatic rings. The van der Waals surface area contributed by atoms with Gasteiger partial charge in [0.15, 0.2) is 0 Å². The molecule has 0 fully saturated rings. The van der Waals surface area contributed by atoms with E-state index in [1.54, 1.807) is 0 Å². The highest BCUT2D eigenvalue weighted by Crippen LogP contribution is 2.15. The van der Waals surface area contributed by atoms with Crippen molar-refractivity contribution in [2.45, 2.75) is 78.7 Å². The molecular weight excluding hydrogens is 242 g/mol. The molecule has 0 aliphatic carbocycles. The van der Waals surface area contributed by atoms with Crippen LogP contribution in [0.4, 0.5) is 0 Å². The average molecular weight is 275 g/mol. The van der Waals surface area contributed by atoms with E-state index in [0.29, 0.717) is 6.04 Å². The Hall–Kier alpha value is -0.820. The summed E-state index contributed by atoms with van der Waals surface area (Å²) in [7, 11) is 0. The molecule has 1 rings (SSSR count). The summed E-state index contributed by atoms with van der Waals surface area (Å²) in [6.45, 7) is 9.97. The van der Waals surface area contributed by atoms with Crippen LogP contribution in [-0.4, -0.2) is 12.6 Å². The molecule has 0 spiro atoms. The number of rotatable bonds is 10. The van der Waals surface area contributed by atoms with Gasteiger partial charge in [0, 0.05) is 6.04 Å². The highest BCUT2D eigenvalue weighted by atomic mass is 14.9. The van der Waals surface area contributed by atoms with E-state index in [0.717, 1.165) is 6.54 Å². The molecule has 1 unspecified atom stereocenters. The molecule has 0 heterocycles. The van der Waals surface area contributed by atoms with E-state index in [2.05, 4.69) is 51.2 Å². The zero-order chi connectivity index (χ0) is 14.8. The molecule has 1 heteroatoms. The average Bonchev–Trinajstić information content (AvgIpc) is 2.43. The van der Waals surface area contributed by atoms with Crippen molar-refractivity contribution in [3.8, 4) is 0 Å². The van der Waals surface area contributed by atoms with Crippen molar-refractivity contribution in [3.05, 3.63) is 34.9 Å². The predicted octanol–water partition coefficient (Wildman–Crippen LogP) is 5.18. The number of aryl methyl sites for hydroxylation is 2. The minimum atomic E-state index is 0.642. The molecule has 1 aromatic carbocycles. The van der Waals surface area contributed by atoms with Crippen LogP contribution in [-0.2, 0) is 6.42 Å². The number of unbranched alkanes of at least 4 members (excludes halogenated alkanes) is 4. The monoisotopic (exact) mass is 275 g/mol. The first-order valence-electron chi connectivity index (χ1n) is 8.46. The van der Waals surface area contributed by atoms with E-state index >= 15 is 0 Å². The minimum Gasteiger partial charge on any atom is -0.314 e. The lowest BCUT2D eigenvalue weighted by Gasteiger charge is -2.18. The molecule has 1 aromatic rings. The van der Waals surface area contributed by atoms with Crippen LogP contribution in [0.3, 0.4) is 0 Å². The Kier molecular flexibility index (Phi) is 8.60. The van der Waals surface area contributed by atoms with Gasteiger partial charge in [0.05, 0.1) is 0 Å². The maximum absolute atomic E-state index is 3.66. The second kappa shape index (κ2) is 9.99. The van der Waals surface area contributed by atoms with E-state index in [4.69, 9.17) is 0 Å². The third-order valence-corrected chi connectivity index (χ3v) is 4.20. The summed E-state index contributed by atoms with van der Waals surface area (Å²) >= 11 is 0. The van der Waals surface area contributed by atoms with Gasteiger partial charge >= 0.3 is 0 Å². The second-order valence-electron chi connectivity index (χ2n) is 6.08. The number of benzene rings is 1. The van der Waals surface area contributed by atoms with Gasteiger partial charge in [-0.2, -0.15) is 0 Å². The van der Waals surface area contributed by atoms with Crippen molar-refractivity contribution in [2.24, 2.45) is 0 Å². The van der Waals surface area contributed by atoms with Crippen molar-refractivity contribution in [3.63, 3.8) is 0 Å². The molecule has 20 heavy (non-hydrogen) atoms. The molecule has 114 valence electrons. The van der Waals surface area contributed by atoms with E-state index in [1.165, 1.54) is 61.6 Å². The highest BCUT2D eigenvalue weighted by molar-refractivity contribution is 5.30. The van der Waals surface area contributed by atoms with Gasteiger partial charge in [0.25, 0.3) is 0 Å². The minimum absolute atomic E-state index is 0.642. The standard InChI is InChI=1S/C19H33N/c1-5-7-8-9-10-11-19(20-6-2)15-18-13-12-16(3)17(4)14-18/h12-14,19-20H,5-11,15H2,1-4H3. The topological polar surface area (TPSA) is 12.0 Å². The van der Waals surface area contributed by atoms with Gasteiger partial charge in [-0.3, -0.25) is 0 Å². The van der Waals surface area contributed by atoms with Crippen LogP contribution in [0.25, 0.3) is 0 Å². The van der Waals surface area contributed by atoms with E-state index < -0.39 is 0 Å². The van der Waals surface area contributed by atoms with Crippen LogP contribution >= 0.6 is 0 Å². The molecular formula is C19H33N. The smallest absolute Gasteiger partial charge is 0.0107 e. The zero-order valence-corrected chi connectivity index (χ0v) is 14.0. The van der Waals surface area contributed by atoms with E-state index in [-0.39, 0.29) is 0 Å². The van der Waals surface area contributed by atoms with Crippen LogP contribution in [0, 0.1) is 13.8 Å². The van der Waals surface area contributed by atoms with Crippen LogP contribution in [0.5, 0.6) is 0 Å². The van der Waals surface area contributed by atoms with Crippen molar-refractivity contribution >= 4 is 0 Å². The molecule has 1 atom stereocenters. The summed E-state index contributed by atoms with van der Waals surface area (Å²) in [4.78, 5) is 0. The van der Waals surface area contributed by atoms with Crippen LogP contribution < -0.4 is 5.32 Å². The normalized spacial score (nSPS) is 12.6. The van der Waals surface area contributed by atoms with Crippen LogP contribution in [0.2, 0.25) is 0 Å². The number of hydrogen-bond donors (Lipinski definition) is 1. The lowest BCUT2D eigenvalue weighted by atomic mass is 9.97. The molecule has 1 N–H and O–H groups in total. The summed E-state index contributed by atoms with van der Waals surface area (Å²) in [6, 6.07) is 7.55. The molecule has 0 saturated carbocycles. The van der Waals surface area contributed by atoms with E-state index in [1.807, 2.05) is 0 Å². The lowest BCUT2D eigenvalue weighted by molar-refractivity contribution is 0.461. The summed E-state index contributed by atoms with van der Waals surface area (Å²) in [5.74, 6) is 0. The molecule has 0 radical (unpaired) electrons. The first kappa shape index (κ1) is 17.2. The van der Waals surface area contributed by atoms with Gasteiger partial charge in [-0.1, -0.05) is 64.2 Å². The fourth-order valence-electron chi connectivity index (χ4n) is 2.77. The number of nitrogens with one attached hydrogen (secondary N) is 1. The Morgan fingerprint density at radius 3 is 2.35 bits per heavy atom. The Morgan fingerprint density at radius 1 is 0.950 bits per heavy atom. The Balaban J connectivity index is 2.42. The summed E-state index contributed by atoms with van der Waals surface area (Å²) in [6.07, 6.45) is 9.36. The van der Waals surface area contributed by atoms with Crippen molar-refractivity contribution in [1.82, 2.24) is 5.32 Å². The Labute approximate surface area is 126 Å². The SMILES string of the molecule is CCCCCCCC(Cc1ccc(C)c(C)c1)NCC. The number of likely N-dealkylation sites (N-methyl/N-ethyl adjacent to an activating group) is 1. The third-order valence-electron chi connectivity index (χ3n) is 4.20. The molecule has 0 aliphatic heterocycles. The fraction of sp³-hybridized carbons (Fsp3) is 0.684. The lowest BCUT2D eigenvalue weighted by Crippen LogP contribution is -2.30. The molecule has 0 aromatic heterocycles. The van der Waals surface area contributed by atoms with Crippen LogP contribution in [0.1, 0.15) is 69.1 Å². The maximum atomic E-state index is 3.66. The fourth-order valence-corrected chi connectivity index (χ4v) is 2.77. The first-order chi connectivity index (χ1) is 9.67. The van der Waals surface area contributed by atoms with Gasteiger partial charge in [0.2, 0.25) is 0 Å². The Bertz CT molecular complexity index is 370. The molecule has 1 nitrogen and oxygen atoms in total. The maximum Gasteiger partial charge on any atom is 0.0107 e. The summed E-state index contributed by atoms with van der Waals surface area (Å²) in [5, 5.41) is 3.66. The second-order valence-corrected chi connectivity index (χ2v) is 6.08. The number of hydrogen-bond acceptors (Lipinski definition) is 1. The van der Waals surface area contributed by atoms with Gasteiger partial charge in [-0.15, -0.1) is 0 Å². The quantitative estimate of drug-likeness (QED) is 0.580. The summed E-state index contributed by atoms with van der Waals surface area (Å²) in [5.41, 5.74) is 4.29. The van der Waals surface area contributed by atoms with Gasteiger partial charge in [-0.05, 0) is 49.9 Å². The molecule has 0 bridgehead atoms. The molecule has 0 saturated heterocycles. The first-order valence-corrected chi connectivity index (χ1v) is 8.46. The molecule has 0 amide bonds. The highest BCUT2D eigenvalue weighted by Gasteiger charge is 2.08. The van der Waals surface area contributed by atoms with Crippen molar-refractivity contribution in [1.29, 1.82) is 0 Å². The summed E-state index contributed by atoms with van der Waals surface area (Å²) < 4.78 is 0. The van der Waals surface area contributed by atoms with Gasteiger partial charge < -0.3 is 5.32 Å². The van der Waals surface area contributed by atoms with Gasteiger partial charge in [0.1, 0.15) is 0 Å². The van der Waals surface area contributed by atoms with Crippen molar-refractivity contribution < 1.29 is 0 Å². The van der Waals surface area contributed by atoms with Gasteiger partial charge in [-0.25, -0.2) is 0 Å². The van der Waals surface area contributed by atoms with Crippen molar-refractivity contribution in [2.75, 3.05) is 6.54 Å².